The van der Waals surface area contributed by atoms with Crippen LogP contribution in [-0.2, 0) is 9.59 Å². The third kappa shape index (κ3) is 4.91. The molecule has 8 heteroatoms. The SMILES string of the molecule is O=C(/C=C/C(=O)Nc1cccc(C2=NCCN2)c1)Nc1cccc(C2=NCCN2)c1. The molecule has 4 rings (SSSR count). The highest BCUT2D eigenvalue weighted by Gasteiger charge is 2.10. The molecule has 0 aromatic heterocycles. The molecule has 2 amide bonds. The molecule has 4 N–H and O–H groups in total. The molecule has 0 saturated carbocycles. The summed E-state index contributed by atoms with van der Waals surface area (Å²) >= 11 is 0. The largest absolute Gasteiger partial charge is 0.368 e. The average Bonchev–Trinajstić information content (AvgIpc) is 3.47. The van der Waals surface area contributed by atoms with Crippen LogP contribution < -0.4 is 21.3 Å². The molecular formula is C22H22N6O2. The summed E-state index contributed by atoms with van der Waals surface area (Å²) in [5.74, 6) is 0.868. The van der Waals surface area contributed by atoms with Crippen LogP contribution in [0.15, 0.2) is 70.7 Å². The fraction of sp³-hybridized carbons (Fsp3) is 0.182. The zero-order valence-corrected chi connectivity index (χ0v) is 16.3. The molecule has 2 aliphatic rings. The van der Waals surface area contributed by atoms with Crippen molar-refractivity contribution in [3.63, 3.8) is 0 Å². The maximum atomic E-state index is 12.2. The summed E-state index contributed by atoms with van der Waals surface area (Å²) in [6.07, 6.45) is 2.42. The summed E-state index contributed by atoms with van der Waals surface area (Å²) in [7, 11) is 0. The first-order chi connectivity index (χ1) is 14.7. The molecule has 0 radical (unpaired) electrons. The first kappa shape index (κ1) is 19.4. The third-order valence-electron chi connectivity index (χ3n) is 4.54. The first-order valence-electron chi connectivity index (χ1n) is 9.75. The van der Waals surface area contributed by atoms with Gasteiger partial charge in [-0.2, -0.15) is 0 Å². The number of nitrogens with one attached hydrogen (secondary N) is 4. The summed E-state index contributed by atoms with van der Waals surface area (Å²) in [6.45, 7) is 3.13. The van der Waals surface area contributed by atoms with Gasteiger partial charge in [0, 0.05) is 47.7 Å². The quantitative estimate of drug-likeness (QED) is 0.550. The Balaban J connectivity index is 1.33. The number of hydrogen-bond acceptors (Lipinski definition) is 6. The van der Waals surface area contributed by atoms with E-state index < -0.39 is 0 Å². The van der Waals surface area contributed by atoms with Crippen molar-refractivity contribution in [3.05, 3.63) is 71.8 Å². The van der Waals surface area contributed by atoms with Gasteiger partial charge in [0.15, 0.2) is 0 Å². The van der Waals surface area contributed by atoms with Crippen LogP contribution in [0.2, 0.25) is 0 Å². The van der Waals surface area contributed by atoms with Crippen LogP contribution >= 0.6 is 0 Å². The molecule has 0 fully saturated rings. The van der Waals surface area contributed by atoms with Crippen molar-refractivity contribution in [3.8, 4) is 0 Å². The summed E-state index contributed by atoms with van der Waals surface area (Å²) in [5.41, 5.74) is 3.09. The number of nitrogens with zero attached hydrogens (tertiary/aromatic N) is 2. The zero-order valence-electron chi connectivity index (χ0n) is 16.3. The van der Waals surface area contributed by atoms with Gasteiger partial charge in [0.05, 0.1) is 13.1 Å². The summed E-state index contributed by atoms with van der Waals surface area (Å²) in [4.78, 5) is 33.1. The minimum atomic E-state index is -0.387. The summed E-state index contributed by atoms with van der Waals surface area (Å²) in [5, 5.41) is 11.9. The highest BCUT2D eigenvalue weighted by Crippen LogP contribution is 2.13. The average molecular weight is 402 g/mol. The van der Waals surface area contributed by atoms with Gasteiger partial charge in [-0.15, -0.1) is 0 Å². The van der Waals surface area contributed by atoms with Gasteiger partial charge in [-0.1, -0.05) is 24.3 Å². The Morgan fingerprint density at radius 3 is 1.63 bits per heavy atom. The van der Waals surface area contributed by atoms with Crippen molar-refractivity contribution in [2.24, 2.45) is 9.98 Å². The van der Waals surface area contributed by atoms with Crippen molar-refractivity contribution in [2.45, 2.75) is 0 Å². The topological polar surface area (TPSA) is 107 Å². The molecule has 0 aliphatic carbocycles. The Bertz CT molecular complexity index is 974. The van der Waals surface area contributed by atoms with Gasteiger partial charge in [0.25, 0.3) is 0 Å². The lowest BCUT2D eigenvalue weighted by atomic mass is 10.2. The summed E-state index contributed by atoms with van der Waals surface area (Å²) in [6, 6.07) is 14.8. The molecule has 2 aromatic rings. The molecule has 0 bridgehead atoms. The van der Waals surface area contributed by atoms with Crippen LogP contribution in [0.4, 0.5) is 11.4 Å². The number of carbonyl (C=O) groups is 2. The highest BCUT2D eigenvalue weighted by molar-refractivity contribution is 6.08. The van der Waals surface area contributed by atoms with E-state index in [1.165, 1.54) is 12.2 Å². The Morgan fingerprint density at radius 2 is 1.23 bits per heavy atom. The van der Waals surface area contributed by atoms with Gasteiger partial charge in [-0.05, 0) is 24.3 Å². The van der Waals surface area contributed by atoms with Crippen molar-refractivity contribution in [2.75, 3.05) is 36.8 Å². The Morgan fingerprint density at radius 1 is 0.767 bits per heavy atom. The van der Waals surface area contributed by atoms with E-state index >= 15 is 0 Å². The molecule has 0 spiro atoms. The number of hydrogen-bond donors (Lipinski definition) is 4. The predicted molar refractivity (Wildman–Crippen MR) is 118 cm³/mol. The molecule has 0 unspecified atom stereocenters. The number of amides is 2. The van der Waals surface area contributed by atoms with Crippen LogP contribution in [0.25, 0.3) is 0 Å². The number of amidine groups is 2. The normalized spacial score (nSPS) is 15.2. The van der Waals surface area contributed by atoms with E-state index in [0.29, 0.717) is 11.4 Å². The van der Waals surface area contributed by atoms with Crippen molar-refractivity contribution < 1.29 is 9.59 Å². The van der Waals surface area contributed by atoms with Crippen LogP contribution in [-0.4, -0.2) is 49.7 Å². The van der Waals surface area contributed by atoms with E-state index in [0.717, 1.165) is 49.0 Å². The van der Waals surface area contributed by atoms with E-state index in [9.17, 15) is 9.59 Å². The fourth-order valence-electron chi connectivity index (χ4n) is 3.19. The second-order valence-corrected chi connectivity index (χ2v) is 6.79. The molecule has 8 nitrogen and oxygen atoms in total. The van der Waals surface area contributed by atoms with Gasteiger partial charge in [-0.3, -0.25) is 19.6 Å². The Labute approximate surface area is 174 Å². The van der Waals surface area contributed by atoms with E-state index in [-0.39, 0.29) is 11.8 Å². The first-order valence-corrected chi connectivity index (χ1v) is 9.75. The molecule has 2 aliphatic heterocycles. The highest BCUT2D eigenvalue weighted by atomic mass is 16.2. The Kier molecular flexibility index (Phi) is 5.84. The monoisotopic (exact) mass is 402 g/mol. The minimum absolute atomic E-state index is 0.387. The second kappa shape index (κ2) is 9.04. The van der Waals surface area contributed by atoms with Crippen LogP contribution in [0, 0.1) is 0 Å². The van der Waals surface area contributed by atoms with E-state index in [1.807, 2.05) is 36.4 Å². The lowest BCUT2D eigenvalue weighted by Gasteiger charge is -2.07. The lowest BCUT2D eigenvalue weighted by molar-refractivity contribution is -0.114. The second-order valence-electron chi connectivity index (χ2n) is 6.79. The van der Waals surface area contributed by atoms with Gasteiger partial charge in [-0.25, -0.2) is 0 Å². The number of aliphatic imine (C=N–C) groups is 2. The zero-order chi connectivity index (χ0) is 20.8. The van der Waals surface area contributed by atoms with Crippen LogP contribution in [0.3, 0.4) is 0 Å². The molecular weight excluding hydrogens is 380 g/mol. The summed E-state index contributed by atoms with van der Waals surface area (Å²) < 4.78 is 0. The molecule has 2 aromatic carbocycles. The smallest absolute Gasteiger partial charge is 0.248 e. The number of anilines is 2. The lowest BCUT2D eigenvalue weighted by Crippen LogP contribution is -2.20. The van der Waals surface area contributed by atoms with Crippen molar-refractivity contribution in [1.82, 2.24) is 10.6 Å². The maximum Gasteiger partial charge on any atom is 0.248 e. The van der Waals surface area contributed by atoms with Gasteiger partial charge >= 0.3 is 0 Å². The van der Waals surface area contributed by atoms with Crippen LogP contribution in [0.5, 0.6) is 0 Å². The van der Waals surface area contributed by atoms with Gasteiger partial charge < -0.3 is 21.3 Å². The van der Waals surface area contributed by atoms with Crippen molar-refractivity contribution >= 4 is 34.9 Å². The van der Waals surface area contributed by atoms with Gasteiger partial charge in [0.2, 0.25) is 11.8 Å². The molecule has 30 heavy (non-hydrogen) atoms. The van der Waals surface area contributed by atoms with Crippen molar-refractivity contribution in [1.29, 1.82) is 0 Å². The third-order valence-corrected chi connectivity index (χ3v) is 4.54. The van der Waals surface area contributed by atoms with Gasteiger partial charge in [0.1, 0.15) is 11.7 Å². The molecule has 2 heterocycles. The predicted octanol–water partition coefficient (Wildman–Crippen LogP) is 1.52. The minimum Gasteiger partial charge on any atom is -0.368 e. The van der Waals surface area contributed by atoms with Crippen LogP contribution in [0.1, 0.15) is 11.1 Å². The Hall–Kier alpha value is -3.94. The molecule has 0 saturated heterocycles. The fourth-order valence-corrected chi connectivity index (χ4v) is 3.19. The molecule has 152 valence electrons. The maximum absolute atomic E-state index is 12.2. The van der Waals surface area contributed by atoms with E-state index in [4.69, 9.17) is 0 Å². The van der Waals surface area contributed by atoms with E-state index in [1.54, 1.807) is 12.1 Å². The number of benzene rings is 2. The number of rotatable bonds is 6. The molecule has 0 atom stereocenters. The number of carbonyl (C=O) groups excluding carboxylic acids is 2. The van der Waals surface area contributed by atoms with E-state index in [2.05, 4.69) is 31.3 Å². The standard InChI is InChI=1S/C22H22N6O2/c29-19(27-17-5-1-3-15(13-17)21-23-9-10-24-21)7-8-20(30)28-18-6-2-4-16(14-18)22-25-11-12-26-22/h1-8,13-14H,9-12H2,(H,23,24)(H,25,26)(H,27,29)(H,28,30)/b8-7+.